The molecule has 2 fully saturated rings. The summed E-state index contributed by atoms with van der Waals surface area (Å²) in [6, 6.07) is 7.53. The van der Waals surface area contributed by atoms with Gasteiger partial charge in [-0.25, -0.2) is 0 Å². The van der Waals surface area contributed by atoms with E-state index < -0.39 is 42.9 Å². The number of rotatable bonds is 7. The molecule has 8 heteroatoms. The van der Waals surface area contributed by atoms with E-state index in [0.717, 1.165) is 31.4 Å². The second-order valence-electron chi connectivity index (χ2n) is 8.64. The van der Waals surface area contributed by atoms with Crippen LogP contribution in [0, 0.1) is 5.92 Å². The number of aliphatic hydroxyl groups excluding tert-OH is 4. The first kappa shape index (κ1) is 23.4. The number of aliphatic hydroxyl groups is 4. The normalized spacial score (nSPS) is 37.3. The van der Waals surface area contributed by atoms with Crippen LogP contribution in [0.15, 0.2) is 24.3 Å². The molecule has 0 bridgehead atoms. The van der Waals surface area contributed by atoms with Gasteiger partial charge in [0.05, 0.1) is 12.2 Å². The van der Waals surface area contributed by atoms with E-state index in [1.54, 1.807) is 13.2 Å². The monoisotopic (exact) mass is 425 g/mol. The second-order valence-corrected chi connectivity index (χ2v) is 8.64. The molecule has 1 aromatic carbocycles. The standard InChI is InChI=1S/C22H35NO7/c1-23(2)12-15-7-4-5-10-22(15,28-3)14-8-6-9-16(11-14)29-21-20(27)19(26)18(25)17(13-24)30-21/h6,8-9,11,15,17-21,24-27H,4-5,7,10,12-13H2,1-3H3/t15-,17?,18+,19+,20?,21-,22+/m1/s1. The maximum atomic E-state index is 10.3. The summed E-state index contributed by atoms with van der Waals surface area (Å²) in [6.07, 6.45) is -2.32. The van der Waals surface area contributed by atoms with Crippen LogP contribution in [-0.4, -0.2) is 90.4 Å². The zero-order valence-electron chi connectivity index (χ0n) is 18.0. The first-order chi connectivity index (χ1) is 14.3. The van der Waals surface area contributed by atoms with E-state index in [1.165, 1.54) is 6.42 Å². The highest BCUT2D eigenvalue weighted by atomic mass is 16.7. The highest BCUT2D eigenvalue weighted by Crippen LogP contribution is 2.45. The molecule has 1 aliphatic heterocycles. The third-order valence-corrected chi connectivity index (χ3v) is 6.38. The Labute approximate surface area is 178 Å². The fraction of sp³-hybridized carbons (Fsp3) is 0.727. The van der Waals surface area contributed by atoms with Crippen LogP contribution in [0.25, 0.3) is 0 Å². The van der Waals surface area contributed by atoms with Crippen LogP contribution < -0.4 is 4.74 Å². The van der Waals surface area contributed by atoms with E-state index in [1.807, 2.05) is 18.2 Å². The lowest BCUT2D eigenvalue weighted by molar-refractivity contribution is -0.277. The van der Waals surface area contributed by atoms with E-state index in [0.29, 0.717) is 11.7 Å². The van der Waals surface area contributed by atoms with Gasteiger partial charge in [-0.3, -0.25) is 0 Å². The number of nitrogens with zero attached hydrogens (tertiary/aromatic N) is 1. The summed E-state index contributed by atoms with van der Waals surface area (Å²) >= 11 is 0. The van der Waals surface area contributed by atoms with Crippen molar-refractivity contribution in [2.75, 3.05) is 34.4 Å². The van der Waals surface area contributed by atoms with Crippen LogP contribution in [0.4, 0.5) is 0 Å². The minimum absolute atomic E-state index is 0.328. The van der Waals surface area contributed by atoms with E-state index >= 15 is 0 Å². The largest absolute Gasteiger partial charge is 0.462 e. The molecule has 1 aliphatic carbocycles. The Balaban J connectivity index is 1.84. The lowest BCUT2D eigenvalue weighted by atomic mass is 9.71. The average Bonchev–Trinajstić information content (AvgIpc) is 2.74. The van der Waals surface area contributed by atoms with Crippen LogP contribution in [0.1, 0.15) is 31.2 Å². The molecule has 8 nitrogen and oxygen atoms in total. The van der Waals surface area contributed by atoms with Gasteiger partial charge in [-0.05, 0) is 44.6 Å². The highest BCUT2D eigenvalue weighted by Gasteiger charge is 2.45. The Bertz CT molecular complexity index is 685. The summed E-state index contributed by atoms with van der Waals surface area (Å²) in [6.45, 7) is 0.412. The summed E-state index contributed by atoms with van der Waals surface area (Å²) < 4.78 is 17.5. The topological polar surface area (TPSA) is 112 Å². The van der Waals surface area contributed by atoms with Crippen molar-refractivity contribution in [2.45, 2.75) is 62.0 Å². The highest BCUT2D eigenvalue weighted by molar-refractivity contribution is 5.34. The van der Waals surface area contributed by atoms with E-state index in [4.69, 9.17) is 14.2 Å². The maximum absolute atomic E-state index is 10.3. The molecule has 3 rings (SSSR count). The Kier molecular flexibility index (Phi) is 7.73. The molecule has 4 N–H and O–H groups in total. The van der Waals surface area contributed by atoms with Crippen molar-refractivity contribution in [3.8, 4) is 5.75 Å². The van der Waals surface area contributed by atoms with E-state index in [2.05, 4.69) is 19.0 Å². The molecule has 1 heterocycles. The SMILES string of the molecule is CO[C@]1(c2cccc(O[C@@H]3OC(CO)[C@H](O)[C@H](O)C3O)c2)CCCC[C@@H]1CN(C)C. The predicted molar refractivity (Wildman–Crippen MR) is 110 cm³/mol. The summed E-state index contributed by atoms with van der Waals surface area (Å²) in [4.78, 5) is 2.18. The first-order valence-electron chi connectivity index (χ1n) is 10.6. The number of benzene rings is 1. The Morgan fingerprint density at radius 2 is 1.90 bits per heavy atom. The molecule has 2 unspecified atom stereocenters. The zero-order valence-corrected chi connectivity index (χ0v) is 18.0. The quantitative estimate of drug-likeness (QED) is 0.499. The Morgan fingerprint density at radius 1 is 1.13 bits per heavy atom. The maximum Gasteiger partial charge on any atom is 0.229 e. The fourth-order valence-electron chi connectivity index (χ4n) is 4.79. The molecule has 0 radical (unpaired) electrons. The molecule has 1 saturated heterocycles. The molecular formula is C22H35NO7. The number of hydrogen-bond donors (Lipinski definition) is 4. The smallest absolute Gasteiger partial charge is 0.229 e. The molecule has 1 saturated carbocycles. The van der Waals surface area contributed by atoms with Gasteiger partial charge in [-0.15, -0.1) is 0 Å². The number of ether oxygens (including phenoxy) is 3. The van der Waals surface area contributed by atoms with Gasteiger partial charge >= 0.3 is 0 Å². The van der Waals surface area contributed by atoms with Crippen LogP contribution >= 0.6 is 0 Å². The van der Waals surface area contributed by atoms with Crippen LogP contribution in [0.3, 0.4) is 0 Å². The molecule has 7 atom stereocenters. The first-order valence-corrected chi connectivity index (χ1v) is 10.6. The van der Waals surface area contributed by atoms with Crippen molar-refractivity contribution in [2.24, 2.45) is 5.92 Å². The zero-order chi connectivity index (χ0) is 21.9. The second kappa shape index (κ2) is 9.91. The van der Waals surface area contributed by atoms with Crippen molar-refractivity contribution in [3.05, 3.63) is 29.8 Å². The molecule has 0 spiro atoms. The van der Waals surface area contributed by atoms with Crippen molar-refractivity contribution >= 4 is 0 Å². The molecule has 1 aromatic rings. The van der Waals surface area contributed by atoms with Crippen LogP contribution in [0.5, 0.6) is 5.75 Å². The third kappa shape index (κ3) is 4.65. The lowest BCUT2D eigenvalue weighted by Crippen LogP contribution is -2.60. The number of methoxy groups -OCH3 is 1. The van der Waals surface area contributed by atoms with Gasteiger partial charge in [-0.1, -0.05) is 25.0 Å². The number of hydrogen-bond acceptors (Lipinski definition) is 8. The molecule has 2 aliphatic rings. The van der Waals surface area contributed by atoms with Crippen LogP contribution in [0.2, 0.25) is 0 Å². The average molecular weight is 426 g/mol. The van der Waals surface area contributed by atoms with Crippen LogP contribution in [-0.2, 0) is 15.1 Å². The lowest BCUT2D eigenvalue weighted by Gasteiger charge is -2.45. The molecule has 0 aromatic heterocycles. The van der Waals surface area contributed by atoms with Crippen molar-refractivity contribution in [1.29, 1.82) is 0 Å². The summed E-state index contributed by atoms with van der Waals surface area (Å²) in [7, 11) is 5.88. The van der Waals surface area contributed by atoms with Crippen molar-refractivity contribution < 1.29 is 34.6 Å². The van der Waals surface area contributed by atoms with Gasteiger partial charge < -0.3 is 39.5 Å². The van der Waals surface area contributed by atoms with Crippen molar-refractivity contribution in [1.82, 2.24) is 4.90 Å². The predicted octanol–water partition coefficient (Wildman–Crippen LogP) is 0.459. The summed E-state index contributed by atoms with van der Waals surface area (Å²) in [5, 5.41) is 39.6. The molecule has 0 amide bonds. The van der Waals surface area contributed by atoms with Gasteiger partial charge in [-0.2, -0.15) is 0 Å². The summed E-state index contributed by atoms with van der Waals surface area (Å²) in [5.74, 6) is 0.788. The molecule has 170 valence electrons. The van der Waals surface area contributed by atoms with Gasteiger partial charge in [0.2, 0.25) is 6.29 Å². The van der Waals surface area contributed by atoms with Gasteiger partial charge in [0.1, 0.15) is 30.2 Å². The van der Waals surface area contributed by atoms with Gasteiger partial charge in [0, 0.05) is 19.6 Å². The van der Waals surface area contributed by atoms with Gasteiger partial charge in [0.15, 0.2) is 0 Å². The Hall–Kier alpha value is -1.26. The fourth-order valence-corrected chi connectivity index (χ4v) is 4.79. The third-order valence-electron chi connectivity index (χ3n) is 6.38. The molecular weight excluding hydrogens is 390 g/mol. The Morgan fingerprint density at radius 3 is 2.57 bits per heavy atom. The van der Waals surface area contributed by atoms with E-state index in [9.17, 15) is 20.4 Å². The molecule has 30 heavy (non-hydrogen) atoms. The minimum Gasteiger partial charge on any atom is -0.462 e. The summed E-state index contributed by atoms with van der Waals surface area (Å²) in [5.41, 5.74) is 0.565. The van der Waals surface area contributed by atoms with E-state index in [-0.39, 0.29) is 0 Å². The van der Waals surface area contributed by atoms with Crippen molar-refractivity contribution in [3.63, 3.8) is 0 Å². The van der Waals surface area contributed by atoms with Gasteiger partial charge in [0.25, 0.3) is 0 Å². The minimum atomic E-state index is -1.47.